The van der Waals surface area contributed by atoms with Crippen LogP contribution >= 0.6 is 0 Å². The predicted octanol–water partition coefficient (Wildman–Crippen LogP) is 0.782. The number of anilines is 1. The van der Waals surface area contributed by atoms with Crippen LogP contribution in [0.2, 0.25) is 0 Å². The van der Waals surface area contributed by atoms with Crippen molar-refractivity contribution in [2.75, 3.05) is 5.73 Å². The van der Waals surface area contributed by atoms with Gasteiger partial charge in [0.25, 0.3) is 5.69 Å². The Morgan fingerprint density at radius 2 is 2.06 bits per heavy atom. The van der Waals surface area contributed by atoms with Crippen molar-refractivity contribution in [3.8, 4) is 0 Å². The minimum absolute atomic E-state index is 0.0266. The van der Waals surface area contributed by atoms with Gasteiger partial charge < -0.3 is 5.73 Å². The lowest BCUT2D eigenvalue weighted by Crippen LogP contribution is -2.23. The Labute approximate surface area is 102 Å². The number of nitro groups is 1. The van der Waals surface area contributed by atoms with Gasteiger partial charge in [0, 0.05) is 17.8 Å². The first-order chi connectivity index (χ1) is 8.58. The molecule has 0 fully saturated rings. The number of hydrogen-bond acceptors (Lipinski definition) is 5. The Hall–Kier alpha value is -2.70. The first-order valence-corrected chi connectivity index (χ1v) is 5.13. The van der Waals surface area contributed by atoms with Gasteiger partial charge in [-0.2, -0.15) is 4.98 Å². The highest BCUT2D eigenvalue weighted by molar-refractivity contribution is 5.40. The third-order valence-corrected chi connectivity index (χ3v) is 2.42. The number of aromatic nitrogens is 2. The molecule has 7 heteroatoms. The van der Waals surface area contributed by atoms with Gasteiger partial charge in [0.2, 0.25) is 0 Å². The molecule has 0 unspecified atom stereocenters. The molecule has 2 aromatic rings. The number of para-hydroxylation sites is 1. The largest absolute Gasteiger partial charge is 0.383 e. The van der Waals surface area contributed by atoms with E-state index in [1.54, 1.807) is 18.2 Å². The molecule has 1 heterocycles. The van der Waals surface area contributed by atoms with E-state index in [9.17, 15) is 14.9 Å². The van der Waals surface area contributed by atoms with Gasteiger partial charge >= 0.3 is 5.69 Å². The molecule has 7 nitrogen and oxygen atoms in total. The molecule has 18 heavy (non-hydrogen) atoms. The van der Waals surface area contributed by atoms with E-state index in [2.05, 4.69) is 4.98 Å². The summed E-state index contributed by atoms with van der Waals surface area (Å²) in [5, 5.41) is 10.8. The van der Waals surface area contributed by atoms with Gasteiger partial charge in [0.15, 0.2) is 0 Å². The second-order valence-corrected chi connectivity index (χ2v) is 3.65. The minimum Gasteiger partial charge on any atom is -0.383 e. The molecular formula is C11H10N4O3. The van der Waals surface area contributed by atoms with Crippen molar-refractivity contribution in [3.63, 3.8) is 0 Å². The van der Waals surface area contributed by atoms with E-state index in [0.717, 1.165) is 0 Å². The minimum atomic E-state index is -0.534. The Kier molecular flexibility index (Phi) is 3.05. The summed E-state index contributed by atoms with van der Waals surface area (Å²) in [5.41, 5.74) is 5.25. The van der Waals surface area contributed by atoms with E-state index < -0.39 is 10.6 Å². The molecule has 0 spiro atoms. The first kappa shape index (κ1) is 11.8. The summed E-state index contributed by atoms with van der Waals surface area (Å²) in [5.74, 6) is 0.124. The van der Waals surface area contributed by atoms with Crippen LogP contribution in [0.5, 0.6) is 0 Å². The highest BCUT2D eigenvalue weighted by Gasteiger charge is 2.13. The van der Waals surface area contributed by atoms with Crippen LogP contribution in [0, 0.1) is 10.1 Å². The van der Waals surface area contributed by atoms with Crippen molar-refractivity contribution in [1.29, 1.82) is 0 Å². The summed E-state index contributed by atoms with van der Waals surface area (Å²) < 4.78 is 1.26. The van der Waals surface area contributed by atoms with E-state index in [0.29, 0.717) is 5.56 Å². The number of nitrogen functional groups attached to an aromatic ring is 1. The SMILES string of the molecule is Nc1ccn(Cc2ccccc2[N+](=O)[O-])c(=O)n1. The summed E-state index contributed by atoms with van der Waals surface area (Å²) in [4.78, 5) is 25.4. The zero-order valence-electron chi connectivity index (χ0n) is 9.31. The lowest BCUT2D eigenvalue weighted by atomic mass is 10.2. The Bertz CT molecular complexity index is 651. The van der Waals surface area contributed by atoms with Crippen LogP contribution in [0.25, 0.3) is 0 Å². The smallest absolute Gasteiger partial charge is 0.349 e. The van der Waals surface area contributed by atoms with E-state index >= 15 is 0 Å². The number of hydrogen-bond donors (Lipinski definition) is 1. The van der Waals surface area contributed by atoms with Crippen molar-refractivity contribution in [1.82, 2.24) is 9.55 Å². The maximum absolute atomic E-state index is 11.5. The molecule has 1 aromatic carbocycles. The fraction of sp³-hybridized carbons (Fsp3) is 0.0909. The normalized spacial score (nSPS) is 10.2. The molecule has 0 atom stereocenters. The van der Waals surface area contributed by atoms with Crippen LogP contribution in [-0.4, -0.2) is 14.5 Å². The molecule has 0 aliphatic rings. The van der Waals surface area contributed by atoms with Gasteiger partial charge in [-0.1, -0.05) is 18.2 Å². The molecule has 92 valence electrons. The molecule has 2 rings (SSSR count). The number of rotatable bonds is 3. The van der Waals surface area contributed by atoms with Gasteiger partial charge in [0.05, 0.1) is 11.5 Å². The zero-order valence-corrected chi connectivity index (χ0v) is 9.31. The Morgan fingerprint density at radius 3 is 2.72 bits per heavy atom. The summed E-state index contributed by atoms with van der Waals surface area (Å²) >= 11 is 0. The van der Waals surface area contributed by atoms with Crippen LogP contribution in [0.3, 0.4) is 0 Å². The molecule has 1 aromatic heterocycles. The quantitative estimate of drug-likeness (QED) is 0.636. The molecule has 0 radical (unpaired) electrons. The van der Waals surface area contributed by atoms with Crippen molar-refractivity contribution in [2.24, 2.45) is 0 Å². The monoisotopic (exact) mass is 246 g/mol. The molecule has 0 bridgehead atoms. The van der Waals surface area contributed by atoms with Crippen LogP contribution in [-0.2, 0) is 6.54 Å². The second kappa shape index (κ2) is 4.66. The fourth-order valence-corrected chi connectivity index (χ4v) is 1.57. The topological polar surface area (TPSA) is 104 Å². The third-order valence-electron chi connectivity index (χ3n) is 2.42. The molecule has 0 aliphatic carbocycles. The average Bonchev–Trinajstić information content (AvgIpc) is 2.33. The third kappa shape index (κ3) is 2.34. The van der Waals surface area contributed by atoms with Gasteiger partial charge in [-0.25, -0.2) is 4.79 Å². The first-order valence-electron chi connectivity index (χ1n) is 5.13. The summed E-state index contributed by atoms with van der Waals surface area (Å²) in [6.45, 7) is 0.0866. The maximum atomic E-state index is 11.5. The van der Waals surface area contributed by atoms with Gasteiger partial charge in [-0.15, -0.1) is 0 Å². The molecule has 0 saturated carbocycles. The van der Waals surface area contributed by atoms with Crippen LogP contribution in [0.4, 0.5) is 11.5 Å². The number of nitrogens with zero attached hydrogens (tertiary/aromatic N) is 3. The van der Waals surface area contributed by atoms with Crippen molar-refractivity contribution in [2.45, 2.75) is 6.54 Å². The summed E-state index contributed by atoms with van der Waals surface area (Å²) in [6.07, 6.45) is 1.46. The number of nitrogens with two attached hydrogens (primary N) is 1. The summed E-state index contributed by atoms with van der Waals surface area (Å²) in [7, 11) is 0. The highest BCUT2D eigenvalue weighted by Crippen LogP contribution is 2.18. The maximum Gasteiger partial charge on any atom is 0.349 e. The number of nitro benzene ring substituents is 1. The molecule has 0 aliphatic heterocycles. The van der Waals surface area contributed by atoms with Gasteiger partial charge in [-0.3, -0.25) is 14.7 Å². The Morgan fingerprint density at radius 1 is 1.33 bits per heavy atom. The fourth-order valence-electron chi connectivity index (χ4n) is 1.57. The van der Waals surface area contributed by atoms with Crippen molar-refractivity contribution in [3.05, 3.63) is 62.7 Å². The zero-order chi connectivity index (χ0) is 13.1. The Balaban J connectivity index is 2.40. The van der Waals surface area contributed by atoms with E-state index in [1.807, 2.05) is 0 Å². The standard InChI is InChI=1S/C11H10N4O3/c12-10-5-6-14(11(16)13-10)7-8-3-1-2-4-9(8)15(17)18/h1-6H,7H2,(H2,12,13,16). The van der Waals surface area contributed by atoms with Crippen LogP contribution in [0.15, 0.2) is 41.3 Å². The van der Waals surface area contributed by atoms with Gasteiger partial charge in [-0.05, 0) is 6.07 Å². The van der Waals surface area contributed by atoms with Crippen LogP contribution in [0.1, 0.15) is 5.56 Å². The number of benzene rings is 1. The van der Waals surface area contributed by atoms with Gasteiger partial charge in [0.1, 0.15) is 5.82 Å². The lowest BCUT2D eigenvalue weighted by molar-refractivity contribution is -0.385. The lowest BCUT2D eigenvalue weighted by Gasteiger charge is -2.05. The molecule has 0 amide bonds. The van der Waals surface area contributed by atoms with E-state index in [1.165, 1.54) is 22.9 Å². The second-order valence-electron chi connectivity index (χ2n) is 3.65. The summed E-state index contributed by atoms with van der Waals surface area (Å²) in [6, 6.07) is 7.71. The highest BCUT2D eigenvalue weighted by atomic mass is 16.6. The molecule has 0 saturated heterocycles. The molecular weight excluding hydrogens is 236 g/mol. The van der Waals surface area contributed by atoms with E-state index in [-0.39, 0.29) is 18.1 Å². The predicted molar refractivity (Wildman–Crippen MR) is 65.1 cm³/mol. The van der Waals surface area contributed by atoms with Crippen molar-refractivity contribution >= 4 is 11.5 Å². The van der Waals surface area contributed by atoms with Crippen molar-refractivity contribution < 1.29 is 4.92 Å². The average molecular weight is 246 g/mol. The van der Waals surface area contributed by atoms with E-state index in [4.69, 9.17) is 5.73 Å². The molecule has 2 N–H and O–H groups in total. The van der Waals surface area contributed by atoms with Crippen LogP contribution < -0.4 is 11.4 Å².